The number of para-hydroxylation sites is 1. The van der Waals surface area contributed by atoms with Crippen LogP contribution in [0, 0.1) is 6.92 Å². The van der Waals surface area contributed by atoms with Gasteiger partial charge in [0.1, 0.15) is 11.6 Å². The highest BCUT2D eigenvalue weighted by Crippen LogP contribution is 2.40. The summed E-state index contributed by atoms with van der Waals surface area (Å²) in [6.07, 6.45) is 5.40. The maximum atomic E-state index is 10.2. The molecule has 0 radical (unpaired) electrons. The average molecular weight is 454 g/mol. The number of benzene rings is 2. The number of nitrogens with one attached hydrogen (secondary N) is 2. The highest BCUT2D eigenvalue weighted by Gasteiger charge is 2.33. The number of nitrogens with zero attached hydrogens (tertiary/aromatic N) is 5. The molecular weight excluding hydrogens is 426 g/mol. The van der Waals surface area contributed by atoms with Crippen molar-refractivity contribution in [3.05, 3.63) is 83.6 Å². The van der Waals surface area contributed by atoms with E-state index < -0.39 is 0 Å². The Labute approximate surface area is 198 Å². The zero-order chi connectivity index (χ0) is 23.1. The normalized spacial score (nSPS) is 16.9. The molecule has 0 aliphatic carbocycles. The Morgan fingerprint density at radius 2 is 1.97 bits per heavy atom. The third kappa shape index (κ3) is 3.61. The molecule has 2 aromatic heterocycles. The molecular formula is C26H27N7O. The number of aromatic nitrogens is 4. The molecule has 1 unspecified atom stereocenters. The highest BCUT2D eigenvalue weighted by atomic mass is 16.3. The molecule has 8 heteroatoms. The van der Waals surface area contributed by atoms with Crippen LogP contribution in [-0.4, -0.2) is 43.8 Å². The van der Waals surface area contributed by atoms with E-state index in [1.54, 1.807) is 6.20 Å². The second-order valence-electron chi connectivity index (χ2n) is 8.78. The van der Waals surface area contributed by atoms with Gasteiger partial charge in [-0.1, -0.05) is 18.2 Å². The molecule has 0 amide bonds. The van der Waals surface area contributed by atoms with Crippen LogP contribution in [0.1, 0.15) is 22.6 Å². The molecule has 0 saturated carbocycles. The minimum absolute atomic E-state index is 0.0381. The molecule has 4 heterocycles. The first-order chi connectivity index (χ1) is 16.7. The Balaban J connectivity index is 1.37. The van der Waals surface area contributed by atoms with Gasteiger partial charge in [-0.05, 0) is 49.2 Å². The van der Waals surface area contributed by atoms with E-state index in [-0.39, 0.29) is 12.6 Å². The molecule has 4 aromatic rings. The van der Waals surface area contributed by atoms with Crippen LogP contribution in [0.15, 0.2) is 60.9 Å². The van der Waals surface area contributed by atoms with Gasteiger partial charge >= 0.3 is 0 Å². The van der Waals surface area contributed by atoms with Crippen molar-refractivity contribution in [3.8, 4) is 5.69 Å². The number of aliphatic hydroxyl groups excluding tert-OH is 1. The van der Waals surface area contributed by atoms with Gasteiger partial charge in [0.2, 0.25) is 5.95 Å². The number of hydrogen-bond donors (Lipinski definition) is 3. The van der Waals surface area contributed by atoms with Crippen molar-refractivity contribution in [3.63, 3.8) is 0 Å². The van der Waals surface area contributed by atoms with Gasteiger partial charge in [-0.3, -0.25) is 0 Å². The van der Waals surface area contributed by atoms with Gasteiger partial charge in [0, 0.05) is 54.5 Å². The standard InChI is InChI=1S/C26H27N7O/c1-17-28-12-13-32(17)20-8-6-19(7-9-20)29-26-30-23-10-11-27-15-22(23)25(31-26)33-21(16-34)14-18-4-2-3-5-24(18)33/h2-9,12-13,21,27,34H,10-11,14-16H2,1H3,(H,29,30,31). The number of fused-ring (bicyclic) bond motifs is 2. The summed E-state index contributed by atoms with van der Waals surface area (Å²) >= 11 is 0. The predicted molar refractivity (Wildman–Crippen MR) is 132 cm³/mol. The number of hydrogen-bond acceptors (Lipinski definition) is 7. The van der Waals surface area contributed by atoms with Crippen LogP contribution in [0.4, 0.5) is 23.1 Å². The Hall–Kier alpha value is -3.75. The summed E-state index contributed by atoms with van der Waals surface area (Å²) in [6.45, 7) is 3.67. The molecule has 0 saturated heterocycles. The van der Waals surface area contributed by atoms with Crippen molar-refractivity contribution >= 4 is 23.1 Å². The van der Waals surface area contributed by atoms with E-state index in [9.17, 15) is 5.11 Å². The predicted octanol–water partition coefficient (Wildman–Crippen LogP) is 3.42. The minimum Gasteiger partial charge on any atom is -0.394 e. The SMILES string of the molecule is Cc1nccn1-c1ccc(Nc2nc3c(c(N4c5ccccc5CC4CO)n2)CNCC3)cc1. The van der Waals surface area contributed by atoms with Crippen molar-refractivity contribution in [2.45, 2.75) is 32.4 Å². The molecule has 3 N–H and O–H groups in total. The van der Waals surface area contributed by atoms with Crippen LogP contribution in [0.5, 0.6) is 0 Å². The summed E-state index contributed by atoms with van der Waals surface area (Å²) in [5, 5.41) is 17.0. The first-order valence-corrected chi connectivity index (χ1v) is 11.7. The quantitative estimate of drug-likeness (QED) is 0.427. The monoisotopic (exact) mass is 453 g/mol. The van der Waals surface area contributed by atoms with E-state index in [1.807, 2.05) is 35.9 Å². The third-order valence-electron chi connectivity index (χ3n) is 6.65. The summed E-state index contributed by atoms with van der Waals surface area (Å²) in [7, 11) is 0. The Morgan fingerprint density at radius 1 is 1.12 bits per heavy atom. The molecule has 0 fully saturated rings. The van der Waals surface area contributed by atoms with Crippen LogP contribution < -0.4 is 15.5 Å². The molecule has 2 aromatic carbocycles. The number of anilines is 4. The van der Waals surface area contributed by atoms with Crippen molar-refractivity contribution < 1.29 is 5.11 Å². The van der Waals surface area contributed by atoms with Gasteiger partial charge in [0.05, 0.1) is 18.3 Å². The lowest BCUT2D eigenvalue weighted by atomic mass is 10.1. The summed E-state index contributed by atoms with van der Waals surface area (Å²) in [5.41, 5.74) is 6.48. The summed E-state index contributed by atoms with van der Waals surface area (Å²) < 4.78 is 2.05. The van der Waals surface area contributed by atoms with E-state index in [4.69, 9.17) is 9.97 Å². The average Bonchev–Trinajstić information content (AvgIpc) is 3.47. The molecule has 6 rings (SSSR count). The Kier molecular flexibility index (Phi) is 5.24. The zero-order valence-electron chi connectivity index (χ0n) is 19.1. The minimum atomic E-state index is -0.0381. The summed E-state index contributed by atoms with van der Waals surface area (Å²) in [6, 6.07) is 16.5. The first kappa shape index (κ1) is 20.8. The Bertz CT molecular complexity index is 1330. The molecule has 2 aliphatic heterocycles. The second-order valence-corrected chi connectivity index (χ2v) is 8.78. The van der Waals surface area contributed by atoms with Gasteiger partial charge in [-0.2, -0.15) is 4.98 Å². The van der Waals surface area contributed by atoms with Crippen molar-refractivity contribution in [1.29, 1.82) is 0 Å². The fourth-order valence-electron chi connectivity index (χ4n) is 4.96. The molecule has 0 bridgehead atoms. The summed E-state index contributed by atoms with van der Waals surface area (Å²) in [4.78, 5) is 16.3. The summed E-state index contributed by atoms with van der Waals surface area (Å²) in [5.74, 6) is 2.39. The molecule has 1 atom stereocenters. The van der Waals surface area contributed by atoms with E-state index in [1.165, 1.54) is 5.56 Å². The maximum absolute atomic E-state index is 10.2. The van der Waals surface area contributed by atoms with Gasteiger partial charge in [-0.25, -0.2) is 9.97 Å². The van der Waals surface area contributed by atoms with Crippen LogP contribution in [0.2, 0.25) is 0 Å². The van der Waals surface area contributed by atoms with Crippen molar-refractivity contribution in [1.82, 2.24) is 24.8 Å². The highest BCUT2D eigenvalue weighted by molar-refractivity contribution is 5.73. The molecule has 8 nitrogen and oxygen atoms in total. The van der Waals surface area contributed by atoms with Gasteiger partial charge in [-0.15, -0.1) is 0 Å². The Morgan fingerprint density at radius 3 is 2.76 bits per heavy atom. The lowest BCUT2D eigenvalue weighted by Gasteiger charge is -2.30. The third-order valence-corrected chi connectivity index (χ3v) is 6.65. The van der Waals surface area contributed by atoms with Crippen LogP contribution in [0.3, 0.4) is 0 Å². The topological polar surface area (TPSA) is 91.1 Å². The van der Waals surface area contributed by atoms with Crippen LogP contribution >= 0.6 is 0 Å². The molecule has 0 spiro atoms. The largest absolute Gasteiger partial charge is 0.394 e. The molecule has 172 valence electrons. The van der Waals surface area contributed by atoms with E-state index in [0.29, 0.717) is 5.95 Å². The number of rotatable bonds is 5. The number of aryl methyl sites for hydroxylation is 1. The molecule has 2 aliphatic rings. The van der Waals surface area contributed by atoms with Crippen molar-refractivity contribution in [2.24, 2.45) is 0 Å². The van der Waals surface area contributed by atoms with E-state index >= 15 is 0 Å². The first-order valence-electron chi connectivity index (χ1n) is 11.7. The van der Waals surface area contributed by atoms with E-state index in [2.05, 4.69) is 50.8 Å². The zero-order valence-corrected chi connectivity index (χ0v) is 19.1. The number of aliphatic hydroxyl groups is 1. The second kappa shape index (κ2) is 8.55. The fourth-order valence-corrected chi connectivity index (χ4v) is 4.96. The molecule has 34 heavy (non-hydrogen) atoms. The fraction of sp³-hybridized carbons (Fsp3) is 0.269. The van der Waals surface area contributed by atoms with Gasteiger partial charge in [0.25, 0.3) is 0 Å². The number of imidazole rings is 1. The van der Waals surface area contributed by atoms with E-state index in [0.717, 1.165) is 65.9 Å². The van der Waals surface area contributed by atoms with Crippen LogP contribution in [0.25, 0.3) is 5.69 Å². The van der Waals surface area contributed by atoms with Gasteiger partial charge in [0.15, 0.2) is 0 Å². The van der Waals surface area contributed by atoms with Gasteiger partial charge < -0.3 is 25.2 Å². The van der Waals surface area contributed by atoms with Crippen molar-refractivity contribution in [2.75, 3.05) is 23.4 Å². The lowest BCUT2D eigenvalue weighted by Crippen LogP contribution is -2.35. The maximum Gasteiger partial charge on any atom is 0.229 e. The lowest BCUT2D eigenvalue weighted by molar-refractivity contribution is 0.268. The smallest absolute Gasteiger partial charge is 0.229 e. The van der Waals surface area contributed by atoms with Crippen LogP contribution in [-0.2, 0) is 19.4 Å².